The van der Waals surface area contributed by atoms with Gasteiger partial charge in [-0.15, -0.1) is 0 Å². The Morgan fingerprint density at radius 1 is 1.12 bits per heavy atom. The van der Waals surface area contributed by atoms with E-state index in [1.165, 1.54) is 11.3 Å². The quantitative estimate of drug-likeness (QED) is 0.376. The molecule has 3 nitrogen and oxygen atoms in total. The van der Waals surface area contributed by atoms with Gasteiger partial charge in [0.1, 0.15) is 0 Å². The van der Waals surface area contributed by atoms with Crippen LogP contribution < -0.4 is 4.90 Å². The third-order valence-electron chi connectivity index (χ3n) is 6.30. The zero-order chi connectivity index (χ0) is 22.5. The molecule has 1 aliphatic rings. The summed E-state index contributed by atoms with van der Waals surface area (Å²) in [6.45, 7) is 10.8. The maximum atomic E-state index is 6.31. The number of rotatable bonds is 7. The van der Waals surface area contributed by atoms with E-state index in [2.05, 4.69) is 66.4 Å². The van der Waals surface area contributed by atoms with Gasteiger partial charge in [0.05, 0.1) is 11.2 Å². The summed E-state index contributed by atoms with van der Waals surface area (Å²) in [7, 11) is 2.21. The van der Waals surface area contributed by atoms with Crippen LogP contribution >= 0.6 is 11.6 Å². The molecule has 32 heavy (non-hydrogen) atoms. The summed E-state index contributed by atoms with van der Waals surface area (Å²) >= 11 is 6.31. The lowest BCUT2D eigenvalue weighted by Crippen LogP contribution is -2.44. The molecule has 0 N–H and O–H groups in total. The summed E-state index contributed by atoms with van der Waals surface area (Å²) in [6, 6.07) is 19.1. The van der Waals surface area contributed by atoms with Crippen LogP contribution in [-0.4, -0.2) is 42.6 Å². The van der Waals surface area contributed by atoms with Gasteiger partial charge in [-0.2, -0.15) is 0 Å². The molecule has 1 aromatic heterocycles. The molecule has 0 bridgehead atoms. The largest absolute Gasteiger partial charge is 0.371 e. The number of anilines is 1. The number of hydrogen-bond donors (Lipinski definition) is 0. The minimum absolute atomic E-state index is 0.478. The fourth-order valence-corrected chi connectivity index (χ4v) is 4.65. The van der Waals surface area contributed by atoms with Gasteiger partial charge in [-0.25, -0.2) is 4.98 Å². The Morgan fingerprint density at radius 3 is 2.56 bits per heavy atom. The Bertz CT molecular complexity index is 1130. The van der Waals surface area contributed by atoms with Gasteiger partial charge in [0.25, 0.3) is 0 Å². The summed E-state index contributed by atoms with van der Waals surface area (Å²) in [4.78, 5) is 9.86. The zero-order valence-electron chi connectivity index (χ0n) is 18.7. The van der Waals surface area contributed by atoms with E-state index in [1.807, 2.05) is 36.4 Å². The predicted octanol–water partition coefficient (Wildman–Crippen LogP) is 6.75. The van der Waals surface area contributed by atoms with E-state index in [-0.39, 0.29) is 0 Å². The SMILES string of the molecule is C=C/C=C(\C=C)CN1CCC(N(C)c2cc(-c3ccccc3)nc3cc(Cl)ccc23)CC1. The number of allylic oxidation sites excluding steroid dienone is 2. The molecule has 0 unspecified atom stereocenters. The molecule has 1 fully saturated rings. The van der Waals surface area contributed by atoms with Gasteiger partial charge in [-0.05, 0) is 42.7 Å². The molecule has 4 rings (SSSR count). The first-order valence-corrected chi connectivity index (χ1v) is 11.5. The lowest BCUT2D eigenvalue weighted by Gasteiger charge is -2.38. The Kier molecular flexibility index (Phi) is 7.09. The molecule has 164 valence electrons. The molecule has 3 aromatic rings. The minimum Gasteiger partial charge on any atom is -0.371 e. The summed E-state index contributed by atoms with van der Waals surface area (Å²) in [6.07, 6.45) is 8.05. The molecule has 0 aliphatic carbocycles. The van der Waals surface area contributed by atoms with Crippen LogP contribution in [0.15, 0.2) is 91.6 Å². The van der Waals surface area contributed by atoms with Crippen molar-refractivity contribution in [2.45, 2.75) is 18.9 Å². The molecular formula is C28H30ClN3. The smallest absolute Gasteiger partial charge is 0.0745 e. The highest BCUT2D eigenvalue weighted by atomic mass is 35.5. The van der Waals surface area contributed by atoms with Crippen molar-refractivity contribution in [3.63, 3.8) is 0 Å². The standard InChI is InChI=1S/C28H30ClN3/c1-4-9-21(5-2)20-32-16-14-24(15-17-32)31(3)28-19-26(22-10-7-6-8-11-22)30-27-18-23(29)12-13-25(27)28/h4-13,18-19,24H,1-2,14-17,20H2,3H3/b21-9+. The lowest BCUT2D eigenvalue weighted by atomic mass is 10.0. The Labute approximate surface area is 196 Å². The van der Waals surface area contributed by atoms with Crippen molar-refractivity contribution < 1.29 is 0 Å². The first kappa shape index (κ1) is 22.3. The number of fused-ring (bicyclic) bond motifs is 1. The number of likely N-dealkylation sites (tertiary alicyclic amines) is 1. The van der Waals surface area contributed by atoms with Crippen LogP contribution in [0.4, 0.5) is 5.69 Å². The summed E-state index contributed by atoms with van der Waals surface area (Å²) in [5, 5.41) is 1.85. The van der Waals surface area contributed by atoms with Crippen LogP contribution in [0.25, 0.3) is 22.2 Å². The van der Waals surface area contributed by atoms with E-state index in [9.17, 15) is 0 Å². The average molecular weight is 444 g/mol. The molecule has 2 aromatic carbocycles. The Balaban J connectivity index is 1.60. The van der Waals surface area contributed by atoms with Crippen molar-refractivity contribution in [2.24, 2.45) is 0 Å². The summed E-state index contributed by atoms with van der Waals surface area (Å²) < 4.78 is 0. The number of hydrogen-bond acceptors (Lipinski definition) is 3. The number of benzene rings is 2. The van der Waals surface area contributed by atoms with E-state index >= 15 is 0 Å². The Morgan fingerprint density at radius 2 is 1.88 bits per heavy atom. The monoisotopic (exact) mass is 443 g/mol. The van der Waals surface area contributed by atoms with Gasteiger partial charge in [0, 0.05) is 54.4 Å². The molecule has 0 radical (unpaired) electrons. The van der Waals surface area contributed by atoms with E-state index in [0.717, 1.165) is 54.6 Å². The topological polar surface area (TPSA) is 19.4 Å². The molecule has 2 heterocycles. The van der Waals surface area contributed by atoms with Crippen molar-refractivity contribution in [3.8, 4) is 11.3 Å². The van der Waals surface area contributed by atoms with Gasteiger partial charge in [0.15, 0.2) is 0 Å². The number of halogens is 1. The van der Waals surface area contributed by atoms with Crippen molar-refractivity contribution >= 4 is 28.2 Å². The minimum atomic E-state index is 0.478. The van der Waals surface area contributed by atoms with Crippen LogP contribution in [-0.2, 0) is 0 Å². The molecule has 4 heteroatoms. The van der Waals surface area contributed by atoms with Gasteiger partial charge in [-0.1, -0.05) is 73.3 Å². The highest BCUT2D eigenvalue weighted by Gasteiger charge is 2.24. The fraction of sp³-hybridized carbons (Fsp3) is 0.250. The highest BCUT2D eigenvalue weighted by Crippen LogP contribution is 2.34. The predicted molar refractivity (Wildman–Crippen MR) is 139 cm³/mol. The maximum absolute atomic E-state index is 6.31. The third kappa shape index (κ3) is 4.95. The molecule has 1 aliphatic heterocycles. The van der Waals surface area contributed by atoms with Gasteiger partial charge in [0.2, 0.25) is 0 Å². The van der Waals surface area contributed by atoms with Gasteiger partial charge < -0.3 is 4.90 Å². The van der Waals surface area contributed by atoms with Gasteiger partial charge >= 0.3 is 0 Å². The second kappa shape index (κ2) is 10.2. The molecule has 0 atom stereocenters. The Hall–Kier alpha value is -2.88. The van der Waals surface area contributed by atoms with Gasteiger partial charge in [-0.3, -0.25) is 4.90 Å². The van der Waals surface area contributed by atoms with Crippen molar-refractivity contribution in [2.75, 3.05) is 31.6 Å². The van der Waals surface area contributed by atoms with E-state index < -0.39 is 0 Å². The maximum Gasteiger partial charge on any atom is 0.0745 e. The summed E-state index contributed by atoms with van der Waals surface area (Å²) in [5.41, 5.74) is 5.46. The van der Waals surface area contributed by atoms with E-state index in [1.54, 1.807) is 0 Å². The first-order chi connectivity index (χ1) is 15.6. The lowest BCUT2D eigenvalue weighted by molar-refractivity contribution is 0.228. The van der Waals surface area contributed by atoms with Crippen molar-refractivity contribution in [1.29, 1.82) is 0 Å². The molecule has 0 saturated carbocycles. The number of aromatic nitrogens is 1. The summed E-state index contributed by atoms with van der Waals surface area (Å²) in [5.74, 6) is 0. The third-order valence-corrected chi connectivity index (χ3v) is 6.54. The van der Waals surface area contributed by atoms with Crippen molar-refractivity contribution in [3.05, 3.63) is 96.6 Å². The van der Waals surface area contributed by atoms with Crippen LogP contribution in [0, 0.1) is 0 Å². The second-order valence-electron chi connectivity index (χ2n) is 8.35. The molecule has 1 saturated heterocycles. The molecule has 0 amide bonds. The van der Waals surface area contributed by atoms with E-state index in [0.29, 0.717) is 11.1 Å². The fourth-order valence-electron chi connectivity index (χ4n) is 4.49. The second-order valence-corrected chi connectivity index (χ2v) is 8.79. The highest BCUT2D eigenvalue weighted by molar-refractivity contribution is 6.31. The zero-order valence-corrected chi connectivity index (χ0v) is 19.4. The van der Waals surface area contributed by atoms with Crippen molar-refractivity contribution in [1.82, 2.24) is 9.88 Å². The molecule has 0 spiro atoms. The molecular weight excluding hydrogens is 414 g/mol. The van der Waals surface area contributed by atoms with E-state index in [4.69, 9.17) is 16.6 Å². The normalized spacial score (nSPS) is 15.6. The first-order valence-electron chi connectivity index (χ1n) is 11.1. The average Bonchev–Trinajstić information content (AvgIpc) is 2.83. The van der Waals surface area contributed by atoms with Crippen LogP contribution in [0.5, 0.6) is 0 Å². The van der Waals surface area contributed by atoms with Crippen LogP contribution in [0.3, 0.4) is 0 Å². The van der Waals surface area contributed by atoms with Crippen LogP contribution in [0.2, 0.25) is 5.02 Å². The number of piperidine rings is 1. The van der Waals surface area contributed by atoms with Crippen LogP contribution in [0.1, 0.15) is 12.8 Å². The number of nitrogens with zero attached hydrogens (tertiary/aromatic N) is 3. The number of pyridine rings is 1.